The minimum absolute atomic E-state index is 0.0816. The highest BCUT2D eigenvalue weighted by atomic mass is 32.1. The highest BCUT2D eigenvalue weighted by Gasteiger charge is 2.05. The third kappa shape index (κ3) is 6.09. The Kier molecular flexibility index (Phi) is 7.30. The van der Waals surface area contributed by atoms with Crippen molar-refractivity contribution < 1.29 is 14.9 Å². The minimum Gasteiger partial charge on any atom is -0.395 e. The summed E-state index contributed by atoms with van der Waals surface area (Å²) in [5.41, 5.74) is 2.89. The lowest BCUT2D eigenvalue weighted by molar-refractivity contribution is 0.0381. The molecule has 3 N–H and O–H groups in total. The third-order valence-electron chi connectivity index (χ3n) is 2.30. The molecule has 0 aliphatic carbocycles. The number of ether oxygens (including phenoxy) is 1. The van der Waals surface area contributed by atoms with E-state index in [0.717, 1.165) is 12.1 Å². The zero-order valence-electron chi connectivity index (χ0n) is 10.1. The van der Waals surface area contributed by atoms with Crippen LogP contribution in [0.4, 0.5) is 0 Å². The van der Waals surface area contributed by atoms with Crippen molar-refractivity contribution in [3.8, 4) is 0 Å². The van der Waals surface area contributed by atoms with Crippen LogP contribution in [-0.2, 0) is 11.2 Å². The molecule has 0 fully saturated rings. The van der Waals surface area contributed by atoms with Crippen LogP contribution >= 0.6 is 11.3 Å². The number of nitrogens with zero attached hydrogens (tertiary/aromatic N) is 1. The van der Waals surface area contributed by atoms with Gasteiger partial charge in [0.05, 0.1) is 37.1 Å². The van der Waals surface area contributed by atoms with Crippen molar-refractivity contribution in [3.63, 3.8) is 0 Å². The Balaban J connectivity index is 2.02. The largest absolute Gasteiger partial charge is 0.395 e. The monoisotopic (exact) mass is 260 g/mol. The third-order valence-corrected chi connectivity index (χ3v) is 3.29. The van der Waals surface area contributed by atoms with Crippen LogP contribution < -0.4 is 5.32 Å². The molecule has 0 aromatic carbocycles. The molecule has 0 saturated carbocycles. The molecule has 1 heterocycles. The molecule has 1 aromatic heterocycles. The molecule has 98 valence electrons. The molecule has 0 aliphatic rings. The lowest BCUT2D eigenvalue weighted by atomic mass is 10.3. The molecular formula is C11H20N2O3S. The molecule has 5 nitrogen and oxygen atoms in total. The van der Waals surface area contributed by atoms with Crippen molar-refractivity contribution >= 4 is 11.3 Å². The Morgan fingerprint density at radius 3 is 3.06 bits per heavy atom. The highest BCUT2D eigenvalue weighted by Crippen LogP contribution is 2.12. The Bertz CT molecular complexity index is 307. The van der Waals surface area contributed by atoms with Crippen LogP contribution in [0.25, 0.3) is 0 Å². The SMILES string of the molecule is Cc1ncsc1CCOCC(O)CNCCO. The number of thiazole rings is 1. The van der Waals surface area contributed by atoms with Crippen LogP contribution in [0.3, 0.4) is 0 Å². The average Bonchev–Trinajstić information content (AvgIpc) is 2.71. The van der Waals surface area contributed by atoms with Crippen LogP contribution in [0.2, 0.25) is 0 Å². The zero-order chi connectivity index (χ0) is 12.5. The molecule has 0 aliphatic heterocycles. The van der Waals surface area contributed by atoms with Gasteiger partial charge in [0.2, 0.25) is 0 Å². The number of aliphatic hydroxyl groups is 2. The summed E-state index contributed by atoms with van der Waals surface area (Å²) in [6.07, 6.45) is 0.317. The second-order valence-electron chi connectivity index (χ2n) is 3.77. The maximum atomic E-state index is 9.51. The first-order valence-electron chi connectivity index (χ1n) is 5.70. The van der Waals surface area contributed by atoms with E-state index < -0.39 is 6.10 Å². The van der Waals surface area contributed by atoms with Gasteiger partial charge in [-0.15, -0.1) is 11.3 Å². The summed E-state index contributed by atoms with van der Waals surface area (Å²) in [5, 5.41) is 21.0. The average molecular weight is 260 g/mol. The van der Waals surface area contributed by atoms with Gasteiger partial charge in [-0.05, 0) is 6.92 Å². The number of hydrogen-bond donors (Lipinski definition) is 3. The van der Waals surface area contributed by atoms with Gasteiger partial charge in [0.15, 0.2) is 0 Å². The Hall–Kier alpha value is -0.530. The Labute approximate surface area is 105 Å². The first-order chi connectivity index (χ1) is 8.24. The molecule has 0 amide bonds. The fraction of sp³-hybridized carbons (Fsp3) is 0.727. The van der Waals surface area contributed by atoms with Gasteiger partial charge < -0.3 is 20.3 Å². The van der Waals surface area contributed by atoms with Crippen LogP contribution in [0, 0.1) is 6.92 Å². The van der Waals surface area contributed by atoms with Gasteiger partial charge in [0.1, 0.15) is 0 Å². The molecule has 17 heavy (non-hydrogen) atoms. The van der Waals surface area contributed by atoms with E-state index in [1.54, 1.807) is 11.3 Å². The van der Waals surface area contributed by atoms with Crippen LogP contribution in [0.5, 0.6) is 0 Å². The summed E-state index contributed by atoms with van der Waals surface area (Å²) in [5.74, 6) is 0. The predicted molar refractivity (Wildman–Crippen MR) is 67.3 cm³/mol. The molecule has 1 unspecified atom stereocenters. The van der Waals surface area contributed by atoms with Crippen LogP contribution in [0.1, 0.15) is 10.6 Å². The summed E-state index contributed by atoms with van der Waals surface area (Å²) >= 11 is 1.63. The van der Waals surface area contributed by atoms with Crippen molar-refractivity contribution in [1.82, 2.24) is 10.3 Å². The standard InChI is InChI=1S/C11H20N2O3S/c1-9-11(17-8-13-9)2-5-16-7-10(15)6-12-3-4-14/h8,10,12,14-15H,2-7H2,1H3. The van der Waals surface area contributed by atoms with E-state index in [9.17, 15) is 5.11 Å². The quantitative estimate of drug-likeness (QED) is 0.543. The van der Waals surface area contributed by atoms with E-state index >= 15 is 0 Å². The smallest absolute Gasteiger partial charge is 0.0897 e. The molecule has 0 spiro atoms. The van der Waals surface area contributed by atoms with E-state index in [0.29, 0.717) is 26.3 Å². The number of aromatic nitrogens is 1. The summed E-state index contributed by atoms with van der Waals surface area (Å²) in [7, 11) is 0. The number of aryl methyl sites for hydroxylation is 1. The molecule has 0 bridgehead atoms. The van der Waals surface area contributed by atoms with E-state index in [1.165, 1.54) is 4.88 Å². The van der Waals surface area contributed by atoms with Crippen molar-refractivity contribution in [2.75, 3.05) is 32.9 Å². The van der Waals surface area contributed by atoms with Gasteiger partial charge in [-0.1, -0.05) is 0 Å². The lowest BCUT2D eigenvalue weighted by Crippen LogP contribution is -2.32. The maximum Gasteiger partial charge on any atom is 0.0897 e. The Morgan fingerprint density at radius 2 is 2.41 bits per heavy atom. The number of aliphatic hydroxyl groups excluding tert-OH is 2. The second kappa shape index (κ2) is 8.54. The summed E-state index contributed by atoms with van der Waals surface area (Å²) in [6.45, 7) is 3.92. The van der Waals surface area contributed by atoms with Gasteiger partial charge in [-0.3, -0.25) is 0 Å². The fourth-order valence-electron chi connectivity index (χ4n) is 1.36. The van der Waals surface area contributed by atoms with E-state index in [1.807, 2.05) is 12.4 Å². The molecule has 0 radical (unpaired) electrons. The normalized spacial score (nSPS) is 12.9. The molecule has 0 saturated heterocycles. The molecular weight excluding hydrogens is 240 g/mol. The highest BCUT2D eigenvalue weighted by molar-refractivity contribution is 7.09. The van der Waals surface area contributed by atoms with Gasteiger partial charge >= 0.3 is 0 Å². The number of nitrogens with one attached hydrogen (secondary N) is 1. The van der Waals surface area contributed by atoms with Gasteiger partial charge in [0, 0.05) is 24.4 Å². The van der Waals surface area contributed by atoms with E-state index in [-0.39, 0.29) is 6.61 Å². The lowest BCUT2D eigenvalue weighted by Gasteiger charge is -2.11. The molecule has 6 heteroatoms. The molecule has 1 atom stereocenters. The predicted octanol–water partition coefficient (Wildman–Crippen LogP) is -0.0466. The van der Waals surface area contributed by atoms with Crippen LogP contribution in [-0.4, -0.2) is 54.2 Å². The summed E-state index contributed by atoms with van der Waals surface area (Å²) < 4.78 is 5.38. The molecule has 1 rings (SSSR count). The van der Waals surface area contributed by atoms with Gasteiger partial charge in [0.25, 0.3) is 0 Å². The first-order valence-corrected chi connectivity index (χ1v) is 6.58. The maximum absolute atomic E-state index is 9.51. The van der Waals surface area contributed by atoms with Crippen molar-refractivity contribution in [2.24, 2.45) is 0 Å². The summed E-state index contributed by atoms with van der Waals surface area (Å²) in [4.78, 5) is 5.39. The topological polar surface area (TPSA) is 74.6 Å². The van der Waals surface area contributed by atoms with Crippen molar-refractivity contribution in [2.45, 2.75) is 19.4 Å². The van der Waals surface area contributed by atoms with Crippen molar-refractivity contribution in [3.05, 3.63) is 16.1 Å². The zero-order valence-corrected chi connectivity index (χ0v) is 10.9. The number of hydrogen-bond acceptors (Lipinski definition) is 6. The van der Waals surface area contributed by atoms with E-state index in [4.69, 9.17) is 9.84 Å². The molecule has 1 aromatic rings. The fourth-order valence-corrected chi connectivity index (χ4v) is 2.12. The second-order valence-corrected chi connectivity index (χ2v) is 4.71. The van der Waals surface area contributed by atoms with Gasteiger partial charge in [-0.2, -0.15) is 0 Å². The number of rotatable bonds is 9. The minimum atomic E-state index is -0.524. The van der Waals surface area contributed by atoms with Crippen molar-refractivity contribution in [1.29, 1.82) is 0 Å². The van der Waals surface area contributed by atoms with E-state index in [2.05, 4.69) is 10.3 Å². The van der Waals surface area contributed by atoms with Crippen LogP contribution in [0.15, 0.2) is 5.51 Å². The summed E-state index contributed by atoms with van der Waals surface area (Å²) in [6, 6.07) is 0. The van der Waals surface area contributed by atoms with Gasteiger partial charge in [-0.25, -0.2) is 4.98 Å². The Morgan fingerprint density at radius 1 is 1.59 bits per heavy atom. The first kappa shape index (κ1) is 14.5.